The molecule has 1 amide bonds. The number of hydrogen-bond acceptors (Lipinski definition) is 3. The molecule has 0 aliphatic rings. The van der Waals surface area contributed by atoms with Crippen LogP contribution in [-0.2, 0) is 0 Å². The molecule has 27 heavy (non-hydrogen) atoms. The van der Waals surface area contributed by atoms with Gasteiger partial charge in [-0.15, -0.1) is 24.0 Å². The molecular formula is C19H24ClIN4O2. The fourth-order valence-electron chi connectivity index (χ4n) is 2.16. The quantitative estimate of drug-likeness (QED) is 0.232. The minimum atomic E-state index is -0.238. The number of nitrogens with one attached hydrogen (secondary N) is 2. The van der Waals surface area contributed by atoms with E-state index in [1.165, 1.54) is 0 Å². The molecule has 2 rings (SSSR count). The van der Waals surface area contributed by atoms with Crippen LogP contribution < -0.4 is 21.1 Å². The fourth-order valence-corrected chi connectivity index (χ4v) is 2.38. The van der Waals surface area contributed by atoms with Crippen LogP contribution in [0.25, 0.3) is 0 Å². The zero-order chi connectivity index (χ0) is 18.9. The maximum atomic E-state index is 12.0. The van der Waals surface area contributed by atoms with Gasteiger partial charge in [-0.1, -0.05) is 23.7 Å². The Hall–Kier alpha value is -2.00. The number of aliphatic imine (C=N–C) groups is 1. The first-order valence-corrected chi connectivity index (χ1v) is 8.70. The van der Waals surface area contributed by atoms with Crippen molar-refractivity contribution in [3.63, 3.8) is 0 Å². The molecule has 0 bridgehead atoms. The molecule has 0 unspecified atom stereocenters. The number of nitrogens with zero attached hydrogens (tertiary/aromatic N) is 1. The Balaban J connectivity index is 0.00000364. The van der Waals surface area contributed by atoms with Crippen molar-refractivity contribution in [1.29, 1.82) is 0 Å². The highest BCUT2D eigenvalue weighted by atomic mass is 127. The Bertz CT molecular complexity index is 767. The third-order valence-electron chi connectivity index (χ3n) is 3.30. The molecule has 0 heterocycles. The molecule has 146 valence electrons. The summed E-state index contributed by atoms with van der Waals surface area (Å²) in [7, 11) is 0. The van der Waals surface area contributed by atoms with Gasteiger partial charge in [-0.2, -0.15) is 0 Å². The van der Waals surface area contributed by atoms with Crippen LogP contribution in [0.4, 0.5) is 5.69 Å². The number of carbonyl (C=O) groups excluding carboxylic acids is 1. The highest BCUT2D eigenvalue weighted by molar-refractivity contribution is 14.0. The van der Waals surface area contributed by atoms with E-state index in [4.69, 9.17) is 22.1 Å². The van der Waals surface area contributed by atoms with Crippen LogP contribution in [0, 0.1) is 0 Å². The number of anilines is 1. The van der Waals surface area contributed by atoms with Crippen molar-refractivity contribution in [3.05, 3.63) is 59.1 Å². The van der Waals surface area contributed by atoms with E-state index in [1.807, 2.05) is 38.1 Å². The van der Waals surface area contributed by atoms with Gasteiger partial charge in [0.25, 0.3) is 5.91 Å². The summed E-state index contributed by atoms with van der Waals surface area (Å²) < 4.78 is 5.58. The molecule has 4 N–H and O–H groups in total. The van der Waals surface area contributed by atoms with Gasteiger partial charge in [-0.3, -0.25) is 9.79 Å². The zero-order valence-corrected chi connectivity index (χ0v) is 18.3. The van der Waals surface area contributed by atoms with Crippen molar-refractivity contribution in [2.45, 2.75) is 20.0 Å². The predicted molar refractivity (Wildman–Crippen MR) is 122 cm³/mol. The number of ether oxygens (including phenoxy) is 1. The molecule has 2 aromatic carbocycles. The number of carbonyl (C=O) groups is 1. The summed E-state index contributed by atoms with van der Waals surface area (Å²) in [5.74, 6) is 0.830. The number of halogens is 2. The van der Waals surface area contributed by atoms with Crippen molar-refractivity contribution in [2.24, 2.45) is 10.7 Å². The minimum absolute atomic E-state index is 0. The Labute approximate surface area is 181 Å². The van der Waals surface area contributed by atoms with Crippen molar-refractivity contribution in [2.75, 3.05) is 18.4 Å². The SMILES string of the molecule is CC(C)Oc1ccc(NC(N)=NCCNC(=O)c2ccccc2Cl)cc1.I. The standard InChI is InChI=1S/C19H23ClN4O2.HI/c1-13(2)26-15-9-7-14(8-10-15)24-19(21)23-12-11-22-18(25)16-5-3-4-6-17(16)20;/h3-10,13H,11-12H2,1-2H3,(H,22,25)(H3,21,23,24);1H. The number of nitrogens with two attached hydrogens (primary N) is 1. The number of benzene rings is 2. The van der Waals surface area contributed by atoms with Crippen molar-refractivity contribution < 1.29 is 9.53 Å². The highest BCUT2D eigenvalue weighted by Crippen LogP contribution is 2.16. The molecule has 8 heteroatoms. The van der Waals surface area contributed by atoms with Gasteiger partial charge in [-0.25, -0.2) is 0 Å². The summed E-state index contributed by atoms with van der Waals surface area (Å²) in [6.07, 6.45) is 0.126. The van der Waals surface area contributed by atoms with Gasteiger partial charge in [0.2, 0.25) is 0 Å². The monoisotopic (exact) mass is 502 g/mol. The summed E-state index contributed by atoms with van der Waals surface area (Å²) in [4.78, 5) is 16.2. The normalized spacial score (nSPS) is 10.9. The van der Waals surface area contributed by atoms with Crippen LogP contribution in [0.15, 0.2) is 53.5 Å². The summed E-state index contributed by atoms with van der Waals surface area (Å²) in [6.45, 7) is 4.65. The van der Waals surface area contributed by atoms with Crippen LogP contribution in [0.1, 0.15) is 24.2 Å². The highest BCUT2D eigenvalue weighted by Gasteiger charge is 2.08. The molecule has 0 aliphatic carbocycles. The third-order valence-corrected chi connectivity index (χ3v) is 3.63. The summed E-state index contributed by atoms with van der Waals surface area (Å²) >= 11 is 5.98. The molecule has 0 saturated heterocycles. The summed E-state index contributed by atoms with van der Waals surface area (Å²) in [5, 5.41) is 6.16. The molecule has 0 fully saturated rings. The van der Waals surface area contributed by atoms with E-state index in [0.717, 1.165) is 11.4 Å². The molecule has 0 saturated carbocycles. The molecule has 2 aromatic rings. The number of rotatable bonds is 7. The molecule has 0 aliphatic heterocycles. The molecule has 0 atom stereocenters. The molecule has 0 spiro atoms. The number of guanidine groups is 1. The van der Waals surface area contributed by atoms with Gasteiger partial charge < -0.3 is 21.1 Å². The van der Waals surface area contributed by atoms with Crippen molar-refractivity contribution in [1.82, 2.24) is 5.32 Å². The van der Waals surface area contributed by atoms with Crippen molar-refractivity contribution >= 4 is 53.1 Å². The lowest BCUT2D eigenvalue weighted by Gasteiger charge is -2.11. The Morgan fingerprint density at radius 1 is 1.19 bits per heavy atom. The van der Waals surface area contributed by atoms with Crippen LogP contribution in [0.3, 0.4) is 0 Å². The van der Waals surface area contributed by atoms with E-state index in [2.05, 4.69) is 15.6 Å². The summed E-state index contributed by atoms with van der Waals surface area (Å²) in [5.41, 5.74) is 7.10. The van der Waals surface area contributed by atoms with Crippen LogP contribution in [0.5, 0.6) is 5.75 Å². The van der Waals surface area contributed by atoms with Crippen LogP contribution >= 0.6 is 35.6 Å². The number of amides is 1. The zero-order valence-electron chi connectivity index (χ0n) is 15.2. The van der Waals surface area contributed by atoms with Gasteiger partial charge in [0.05, 0.1) is 23.2 Å². The van der Waals surface area contributed by atoms with Gasteiger partial charge in [0, 0.05) is 12.2 Å². The third kappa shape index (κ3) is 8.04. The molecule has 0 radical (unpaired) electrons. The van der Waals surface area contributed by atoms with E-state index in [9.17, 15) is 4.79 Å². The smallest absolute Gasteiger partial charge is 0.252 e. The van der Waals surface area contributed by atoms with E-state index < -0.39 is 0 Å². The maximum absolute atomic E-state index is 12.0. The first kappa shape index (κ1) is 23.0. The average molecular weight is 503 g/mol. The van der Waals surface area contributed by atoms with Gasteiger partial charge in [0.15, 0.2) is 5.96 Å². The van der Waals surface area contributed by atoms with Crippen LogP contribution in [0.2, 0.25) is 5.02 Å². The Morgan fingerprint density at radius 2 is 1.85 bits per heavy atom. The van der Waals surface area contributed by atoms with Gasteiger partial charge in [-0.05, 0) is 50.2 Å². The lowest BCUT2D eigenvalue weighted by molar-refractivity contribution is 0.0955. The minimum Gasteiger partial charge on any atom is -0.491 e. The topological polar surface area (TPSA) is 88.7 Å². The predicted octanol–water partition coefficient (Wildman–Crippen LogP) is 3.90. The first-order chi connectivity index (χ1) is 12.5. The lowest BCUT2D eigenvalue weighted by Crippen LogP contribution is -2.28. The lowest BCUT2D eigenvalue weighted by atomic mass is 10.2. The average Bonchev–Trinajstić information content (AvgIpc) is 2.60. The van der Waals surface area contributed by atoms with Gasteiger partial charge >= 0.3 is 0 Å². The van der Waals surface area contributed by atoms with E-state index in [1.54, 1.807) is 24.3 Å². The Morgan fingerprint density at radius 3 is 2.48 bits per heavy atom. The van der Waals surface area contributed by atoms with Crippen molar-refractivity contribution in [3.8, 4) is 5.75 Å². The summed E-state index contributed by atoms with van der Waals surface area (Å²) in [6, 6.07) is 14.3. The van der Waals surface area contributed by atoms with Crippen LogP contribution in [-0.4, -0.2) is 31.1 Å². The second kappa shape index (κ2) is 11.7. The van der Waals surface area contributed by atoms with Gasteiger partial charge in [0.1, 0.15) is 5.75 Å². The maximum Gasteiger partial charge on any atom is 0.252 e. The van der Waals surface area contributed by atoms with E-state index in [-0.39, 0.29) is 41.9 Å². The second-order valence-corrected chi connectivity index (χ2v) is 6.23. The largest absolute Gasteiger partial charge is 0.491 e. The molecule has 0 aromatic heterocycles. The number of hydrogen-bond donors (Lipinski definition) is 3. The molecule has 6 nitrogen and oxygen atoms in total. The Kier molecular flexibility index (Phi) is 9.95. The first-order valence-electron chi connectivity index (χ1n) is 8.32. The van der Waals surface area contributed by atoms with E-state index >= 15 is 0 Å². The van der Waals surface area contributed by atoms with E-state index in [0.29, 0.717) is 23.7 Å². The molecular weight excluding hydrogens is 479 g/mol. The second-order valence-electron chi connectivity index (χ2n) is 5.82. The fraction of sp³-hybridized carbons (Fsp3) is 0.263.